The lowest BCUT2D eigenvalue weighted by Gasteiger charge is -2.33. The van der Waals surface area contributed by atoms with E-state index in [1.807, 2.05) is 4.90 Å². The Hall–Kier alpha value is -2.15. The number of H-pyrrole nitrogens is 1. The van der Waals surface area contributed by atoms with Crippen molar-refractivity contribution in [1.82, 2.24) is 20.4 Å². The summed E-state index contributed by atoms with van der Waals surface area (Å²) in [6, 6.07) is 2.15. The van der Waals surface area contributed by atoms with Gasteiger partial charge in [-0.2, -0.15) is 5.10 Å². The van der Waals surface area contributed by atoms with Gasteiger partial charge in [-0.3, -0.25) is 10.5 Å². The Morgan fingerprint density at radius 2 is 2.55 bits per heavy atom. The zero-order chi connectivity index (χ0) is 14.5. The number of nitrogens with zero attached hydrogens (tertiary/aromatic N) is 3. The third-order valence-electron chi connectivity index (χ3n) is 3.16. The van der Waals surface area contributed by atoms with Crippen molar-refractivity contribution in [3.63, 3.8) is 0 Å². The molecule has 5 N–H and O–H groups in total. The molecule has 7 heteroatoms. The Bertz CT molecular complexity index is 517. The van der Waals surface area contributed by atoms with Crippen LogP contribution in [-0.4, -0.2) is 52.4 Å². The predicted octanol–water partition coefficient (Wildman–Crippen LogP) is 0.702. The normalized spacial score (nSPS) is 19.9. The number of rotatable bonds is 4. The fourth-order valence-electron chi connectivity index (χ4n) is 2.13. The highest BCUT2D eigenvalue weighted by molar-refractivity contribution is 6.01. The molecule has 1 aromatic rings. The van der Waals surface area contributed by atoms with Crippen molar-refractivity contribution in [3.8, 4) is 0 Å². The van der Waals surface area contributed by atoms with E-state index >= 15 is 0 Å². The summed E-state index contributed by atoms with van der Waals surface area (Å²) in [4.78, 5) is 6.23. The summed E-state index contributed by atoms with van der Waals surface area (Å²) < 4.78 is 0. The molecule has 2 heterocycles. The number of aromatic amines is 1. The molecule has 1 saturated heterocycles. The molecular formula is C13H21N7. The average Bonchev–Trinajstić information content (AvgIpc) is 2.86. The van der Waals surface area contributed by atoms with Crippen molar-refractivity contribution in [1.29, 1.82) is 5.41 Å². The lowest BCUT2D eigenvalue weighted by Crippen LogP contribution is -2.51. The number of piperazine rings is 1. The number of hydrogen-bond acceptors (Lipinski definition) is 4. The first kappa shape index (κ1) is 14.3. The van der Waals surface area contributed by atoms with E-state index in [2.05, 4.69) is 34.0 Å². The van der Waals surface area contributed by atoms with E-state index in [0.29, 0.717) is 30.0 Å². The van der Waals surface area contributed by atoms with Crippen LogP contribution >= 0.6 is 0 Å². The Balaban J connectivity index is 1.94. The fraction of sp³-hybridized carbons (Fsp3) is 0.462. The van der Waals surface area contributed by atoms with Crippen LogP contribution in [0, 0.1) is 5.41 Å². The van der Waals surface area contributed by atoms with E-state index in [1.54, 1.807) is 12.1 Å². The molecule has 0 aromatic carbocycles. The largest absolute Gasteiger partial charge is 0.387 e. The number of nitrogens with one attached hydrogen (secondary N) is 3. The molecule has 0 saturated carbocycles. The quantitative estimate of drug-likeness (QED) is 0.479. The van der Waals surface area contributed by atoms with Crippen LogP contribution in [0.4, 0.5) is 5.82 Å². The zero-order valence-corrected chi connectivity index (χ0v) is 11.7. The van der Waals surface area contributed by atoms with Gasteiger partial charge in [-0.1, -0.05) is 6.58 Å². The molecule has 0 spiro atoms. The Labute approximate surface area is 118 Å². The van der Waals surface area contributed by atoms with E-state index < -0.39 is 0 Å². The first-order valence-electron chi connectivity index (χ1n) is 6.65. The number of aromatic nitrogens is 2. The van der Waals surface area contributed by atoms with Crippen LogP contribution in [0.1, 0.15) is 19.0 Å². The fourth-order valence-corrected chi connectivity index (χ4v) is 2.13. The first-order chi connectivity index (χ1) is 9.58. The third kappa shape index (κ3) is 3.67. The maximum Gasteiger partial charge on any atom is 0.175 e. The van der Waals surface area contributed by atoms with Crippen LogP contribution in [-0.2, 0) is 0 Å². The highest BCUT2D eigenvalue weighted by Gasteiger charge is 2.18. The number of amidine groups is 2. The van der Waals surface area contributed by atoms with Gasteiger partial charge >= 0.3 is 0 Å². The molecule has 0 bridgehead atoms. The number of hydrogen-bond donors (Lipinski definition) is 4. The molecule has 1 aromatic heterocycles. The van der Waals surface area contributed by atoms with Crippen molar-refractivity contribution < 1.29 is 0 Å². The minimum absolute atomic E-state index is 0.336. The standard InChI is InChI=1S/C13H21N7/c1-3-10-6-13(19-18-10)17-11(14)7-12(15)20-5-4-16-9(2)8-20/h3,6,9,15-16H,1,4-5,7-8H2,2H3,(H3,14,17,18,19). The van der Waals surface area contributed by atoms with E-state index in [1.165, 1.54) is 0 Å². The average molecular weight is 275 g/mol. The van der Waals surface area contributed by atoms with E-state index in [0.717, 1.165) is 25.3 Å². The summed E-state index contributed by atoms with van der Waals surface area (Å²) in [7, 11) is 0. The van der Waals surface area contributed by atoms with Gasteiger partial charge in [0, 0.05) is 31.7 Å². The van der Waals surface area contributed by atoms with Crippen molar-refractivity contribution >= 4 is 23.6 Å². The summed E-state index contributed by atoms with van der Waals surface area (Å²) >= 11 is 0. The van der Waals surface area contributed by atoms with E-state index in [9.17, 15) is 0 Å². The molecule has 1 atom stereocenters. The van der Waals surface area contributed by atoms with Gasteiger partial charge in [-0.15, -0.1) is 0 Å². The summed E-state index contributed by atoms with van der Waals surface area (Å²) in [6.07, 6.45) is 2.00. The molecule has 108 valence electrons. The van der Waals surface area contributed by atoms with Gasteiger partial charge in [-0.05, 0) is 13.0 Å². The minimum Gasteiger partial charge on any atom is -0.387 e. The van der Waals surface area contributed by atoms with Crippen molar-refractivity contribution in [2.45, 2.75) is 19.4 Å². The molecule has 1 aliphatic rings. The Kier molecular flexibility index (Phi) is 4.52. The highest BCUT2D eigenvalue weighted by Crippen LogP contribution is 2.11. The second kappa shape index (κ2) is 6.33. The SMILES string of the molecule is C=Cc1cc(N=C(N)CC(=N)N2CCNC(C)C2)n[nH]1. The third-order valence-corrected chi connectivity index (χ3v) is 3.16. The lowest BCUT2D eigenvalue weighted by atomic mass is 10.2. The topological polar surface area (TPSA) is 106 Å². The molecule has 2 rings (SSSR count). The van der Waals surface area contributed by atoms with E-state index in [4.69, 9.17) is 11.1 Å². The first-order valence-corrected chi connectivity index (χ1v) is 6.65. The van der Waals surface area contributed by atoms with Crippen molar-refractivity contribution in [2.24, 2.45) is 10.7 Å². The summed E-state index contributed by atoms with van der Waals surface area (Å²) in [6.45, 7) is 8.30. The van der Waals surface area contributed by atoms with Gasteiger partial charge in [0.25, 0.3) is 0 Å². The van der Waals surface area contributed by atoms with E-state index in [-0.39, 0.29) is 0 Å². The number of nitrogens with two attached hydrogens (primary N) is 1. The monoisotopic (exact) mass is 275 g/mol. The molecule has 0 amide bonds. The van der Waals surface area contributed by atoms with Gasteiger partial charge < -0.3 is 16.0 Å². The predicted molar refractivity (Wildman–Crippen MR) is 81.3 cm³/mol. The van der Waals surface area contributed by atoms with Crippen LogP contribution < -0.4 is 11.1 Å². The van der Waals surface area contributed by atoms with Gasteiger partial charge in [-0.25, -0.2) is 4.99 Å². The van der Waals surface area contributed by atoms with Gasteiger partial charge in [0.15, 0.2) is 5.82 Å². The smallest absolute Gasteiger partial charge is 0.175 e. The molecule has 0 aliphatic carbocycles. The molecule has 0 radical (unpaired) electrons. The maximum absolute atomic E-state index is 8.10. The highest BCUT2D eigenvalue weighted by atomic mass is 15.2. The van der Waals surface area contributed by atoms with Crippen LogP contribution in [0.15, 0.2) is 17.6 Å². The second-order valence-electron chi connectivity index (χ2n) is 4.91. The second-order valence-corrected chi connectivity index (χ2v) is 4.91. The van der Waals surface area contributed by atoms with Gasteiger partial charge in [0.05, 0.1) is 12.1 Å². The molecule has 7 nitrogen and oxygen atoms in total. The van der Waals surface area contributed by atoms with Crippen LogP contribution in [0.2, 0.25) is 0 Å². The molecular weight excluding hydrogens is 254 g/mol. The molecule has 1 aliphatic heterocycles. The summed E-state index contributed by atoms with van der Waals surface area (Å²) in [5.41, 5.74) is 6.68. The summed E-state index contributed by atoms with van der Waals surface area (Å²) in [5, 5.41) is 18.2. The Morgan fingerprint density at radius 1 is 1.75 bits per heavy atom. The van der Waals surface area contributed by atoms with Crippen LogP contribution in [0.25, 0.3) is 6.08 Å². The molecule has 1 fully saturated rings. The van der Waals surface area contributed by atoms with Gasteiger partial charge in [0.1, 0.15) is 11.7 Å². The molecule has 20 heavy (non-hydrogen) atoms. The van der Waals surface area contributed by atoms with Crippen LogP contribution in [0.5, 0.6) is 0 Å². The van der Waals surface area contributed by atoms with Gasteiger partial charge in [0.2, 0.25) is 0 Å². The minimum atomic E-state index is 0.336. The molecule has 1 unspecified atom stereocenters. The van der Waals surface area contributed by atoms with Crippen molar-refractivity contribution in [2.75, 3.05) is 19.6 Å². The number of aliphatic imine (C=N–C) groups is 1. The Morgan fingerprint density at radius 3 is 3.20 bits per heavy atom. The van der Waals surface area contributed by atoms with Crippen LogP contribution in [0.3, 0.4) is 0 Å². The maximum atomic E-state index is 8.10. The van der Waals surface area contributed by atoms with Crippen molar-refractivity contribution in [3.05, 3.63) is 18.3 Å². The zero-order valence-electron chi connectivity index (χ0n) is 11.7. The lowest BCUT2D eigenvalue weighted by molar-refractivity contribution is 0.299. The summed E-state index contributed by atoms with van der Waals surface area (Å²) in [5.74, 6) is 1.40.